The number of aliphatic hydroxyl groups excluding tert-OH is 1. The summed E-state index contributed by atoms with van der Waals surface area (Å²) in [7, 11) is 0. The average Bonchev–Trinajstić information content (AvgIpc) is 3.27. The van der Waals surface area contributed by atoms with E-state index in [1.54, 1.807) is 24.3 Å². The largest absolute Gasteiger partial charge is 0.392 e. The van der Waals surface area contributed by atoms with Crippen LogP contribution in [0.4, 0.5) is 0 Å². The van der Waals surface area contributed by atoms with Gasteiger partial charge in [-0.15, -0.1) is 0 Å². The molecule has 3 aromatic rings. The van der Waals surface area contributed by atoms with E-state index in [4.69, 9.17) is 0 Å². The number of aliphatic hydroxyl groups is 1. The van der Waals surface area contributed by atoms with Crippen LogP contribution in [0.25, 0.3) is 10.9 Å². The normalized spacial score (nSPS) is 19.1. The summed E-state index contributed by atoms with van der Waals surface area (Å²) in [5.74, 6) is -0.856. The van der Waals surface area contributed by atoms with Crippen molar-refractivity contribution >= 4 is 28.6 Å². The number of amides is 3. The van der Waals surface area contributed by atoms with Crippen molar-refractivity contribution in [3.8, 4) is 0 Å². The van der Waals surface area contributed by atoms with Gasteiger partial charge in [-0.05, 0) is 42.2 Å². The summed E-state index contributed by atoms with van der Waals surface area (Å²) in [6.45, 7) is 2.18. The number of aromatic nitrogens is 1. The molecule has 1 fully saturated rings. The SMILES string of the molecule is CC(c1c[nH]c2ccccc12)[C@H]1NC(=O)[C@H](CCCNC(=O)c2cccc(CO)c2)NC1=O. The first-order chi connectivity index (χ1) is 16.0. The van der Waals surface area contributed by atoms with E-state index in [-0.39, 0.29) is 30.2 Å². The van der Waals surface area contributed by atoms with Crippen molar-refractivity contribution in [2.75, 3.05) is 6.54 Å². The molecule has 1 aliphatic rings. The maximum atomic E-state index is 12.8. The Morgan fingerprint density at radius 2 is 1.91 bits per heavy atom. The van der Waals surface area contributed by atoms with Gasteiger partial charge in [0.25, 0.3) is 5.91 Å². The molecule has 0 saturated carbocycles. The van der Waals surface area contributed by atoms with E-state index in [2.05, 4.69) is 20.9 Å². The average molecular weight is 449 g/mol. The zero-order chi connectivity index (χ0) is 23.4. The predicted molar refractivity (Wildman–Crippen MR) is 125 cm³/mol. The molecule has 5 N–H and O–H groups in total. The first kappa shape index (κ1) is 22.5. The van der Waals surface area contributed by atoms with Gasteiger partial charge in [0, 0.05) is 35.1 Å². The number of nitrogens with one attached hydrogen (secondary N) is 4. The monoisotopic (exact) mass is 448 g/mol. The summed E-state index contributed by atoms with van der Waals surface area (Å²) in [4.78, 5) is 40.9. The van der Waals surface area contributed by atoms with Crippen LogP contribution in [0.5, 0.6) is 0 Å². The Kier molecular flexibility index (Phi) is 6.74. The second kappa shape index (κ2) is 9.87. The molecule has 33 heavy (non-hydrogen) atoms. The molecule has 0 bridgehead atoms. The zero-order valence-electron chi connectivity index (χ0n) is 18.4. The fourth-order valence-corrected chi connectivity index (χ4v) is 4.27. The van der Waals surface area contributed by atoms with Crippen LogP contribution in [-0.2, 0) is 16.2 Å². The number of rotatable bonds is 8. The van der Waals surface area contributed by atoms with Crippen LogP contribution in [0.15, 0.2) is 54.7 Å². The summed E-state index contributed by atoms with van der Waals surface area (Å²) < 4.78 is 0. The van der Waals surface area contributed by atoms with E-state index in [1.807, 2.05) is 37.4 Å². The maximum absolute atomic E-state index is 12.8. The van der Waals surface area contributed by atoms with Gasteiger partial charge in [-0.25, -0.2) is 0 Å². The number of hydrogen-bond acceptors (Lipinski definition) is 4. The third-order valence-electron chi connectivity index (χ3n) is 6.15. The van der Waals surface area contributed by atoms with E-state index >= 15 is 0 Å². The summed E-state index contributed by atoms with van der Waals surface area (Å²) in [5.41, 5.74) is 3.11. The summed E-state index contributed by atoms with van der Waals surface area (Å²) in [6, 6.07) is 13.4. The molecule has 1 unspecified atom stereocenters. The van der Waals surface area contributed by atoms with Crippen molar-refractivity contribution in [2.24, 2.45) is 0 Å². The molecule has 172 valence electrons. The second-order valence-corrected chi connectivity index (χ2v) is 8.38. The molecule has 8 nitrogen and oxygen atoms in total. The topological polar surface area (TPSA) is 123 Å². The van der Waals surface area contributed by atoms with Gasteiger partial charge in [0.2, 0.25) is 11.8 Å². The number of benzene rings is 2. The number of hydrogen-bond donors (Lipinski definition) is 5. The number of piperazine rings is 1. The molecule has 4 rings (SSSR count). The van der Waals surface area contributed by atoms with Crippen molar-refractivity contribution < 1.29 is 19.5 Å². The minimum atomic E-state index is -0.647. The first-order valence-electron chi connectivity index (χ1n) is 11.1. The second-order valence-electron chi connectivity index (χ2n) is 8.38. The maximum Gasteiger partial charge on any atom is 0.251 e. The Balaban J connectivity index is 1.29. The molecule has 3 amide bonds. The molecule has 2 aromatic carbocycles. The molecule has 0 aliphatic carbocycles. The highest BCUT2D eigenvalue weighted by Gasteiger charge is 2.37. The van der Waals surface area contributed by atoms with Crippen LogP contribution in [0.1, 0.15) is 47.2 Å². The lowest BCUT2D eigenvalue weighted by molar-refractivity contribution is -0.137. The van der Waals surface area contributed by atoms with Crippen LogP contribution >= 0.6 is 0 Å². The van der Waals surface area contributed by atoms with Gasteiger partial charge in [-0.2, -0.15) is 0 Å². The van der Waals surface area contributed by atoms with Crippen LogP contribution in [0.3, 0.4) is 0 Å². The van der Waals surface area contributed by atoms with E-state index < -0.39 is 12.1 Å². The van der Waals surface area contributed by atoms with Gasteiger partial charge in [0.1, 0.15) is 12.1 Å². The van der Waals surface area contributed by atoms with Crippen molar-refractivity contribution in [1.82, 2.24) is 20.9 Å². The zero-order valence-corrected chi connectivity index (χ0v) is 18.4. The highest BCUT2D eigenvalue weighted by molar-refractivity contribution is 5.98. The number of fused-ring (bicyclic) bond motifs is 1. The van der Waals surface area contributed by atoms with Crippen molar-refractivity contribution in [3.63, 3.8) is 0 Å². The smallest absolute Gasteiger partial charge is 0.251 e. The van der Waals surface area contributed by atoms with Crippen molar-refractivity contribution in [3.05, 3.63) is 71.4 Å². The number of aromatic amines is 1. The molecule has 2 heterocycles. The Bertz CT molecular complexity index is 1170. The standard InChI is InChI=1S/C25H28N4O4/c1-15(19-13-27-20-9-3-2-8-18(19)20)22-25(33)28-21(24(32)29-22)10-5-11-26-23(31)17-7-4-6-16(12-17)14-30/h2-4,6-9,12-13,15,21-22,27,30H,5,10-11,14H2,1H3,(H,26,31)(H,28,33)(H,29,32)/t15?,21-,22+/m0/s1. The molecule has 1 saturated heterocycles. The van der Waals surface area contributed by atoms with Crippen LogP contribution < -0.4 is 16.0 Å². The molecular formula is C25H28N4O4. The van der Waals surface area contributed by atoms with Crippen molar-refractivity contribution in [1.29, 1.82) is 0 Å². The lowest BCUT2D eigenvalue weighted by Crippen LogP contribution is -2.63. The third-order valence-corrected chi connectivity index (χ3v) is 6.15. The molecule has 1 aliphatic heterocycles. The molecular weight excluding hydrogens is 420 g/mol. The van der Waals surface area contributed by atoms with Gasteiger partial charge < -0.3 is 26.0 Å². The Morgan fingerprint density at radius 1 is 1.09 bits per heavy atom. The summed E-state index contributed by atoms with van der Waals surface area (Å²) in [6.07, 6.45) is 2.84. The molecule has 3 atom stereocenters. The van der Waals surface area contributed by atoms with Gasteiger partial charge in [-0.3, -0.25) is 14.4 Å². The highest BCUT2D eigenvalue weighted by Crippen LogP contribution is 2.28. The van der Waals surface area contributed by atoms with Crippen LogP contribution in [0, 0.1) is 0 Å². The lowest BCUT2D eigenvalue weighted by Gasteiger charge is -2.33. The van der Waals surface area contributed by atoms with Gasteiger partial charge in [0.15, 0.2) is 0 Å². The molecule has 0 spiro atoms. The van der Waals surface area contributed by atoms with Gasteiger partial charge >= 0.3 is 0 Å². The molecule has 1 aromatic heterocycles. The number of carbonyl (C=O) groups is 3. The Hall–Kier alpha value is -3.65. The quantitative estimate of drug-likeness (QED) is 0.338. The van der Waals surface area contributed by atoms with E-state index in [0.717, 1.165) is 16.5 Å². The number of carbonyl (C=O) groups excluding carboxylic acids is 3. The van der Waals surface area contributed by atoms with E-state index in [9.17, 15) is 19.5 Å². The van der Waals surface area contributed by atoms with Crippen molar-refractivity contribution in [2.45, 2.75) is 44.4 Å². The molecule has 0 radical (unpaired) electrons. The van der Waals surface area contributed by atoms with Crippen LogP contribution in [0.2, 0.25) is 0 Å². The van der Waals surface area contributed by atoms with E-state index in [1.165, 1.54) is 0 Å². The predicted octanol–water partition coefficient (Wildman–Crippen LogP) is 1.96. The van der Waals surface area contributed by atoms with Crippen LogP contribution in [-0.4, -0.2) is 46.4 Å². The first-order valence-corrected chi connectivity index (χ1v) is 11.1. The van der Waals surface area contributed by atoms with Gasteiger partial charge in [-0.1, -0.05) is 37.3 Å². The Morgan fingerprint density at radius 3 is 2.73 bits per heavy atom. The summed E-state index contributed by atoms with van der Waals surface area (Å²) in [5, 5.41) is 18.8. The number of para-hydroxylation sites is 1. The van der Waals surface area contributed by atoms with E-state index in [0.29, 0.717) is 30.5 Å². The lowest BCUT2D eigenvalue weighted by atomic mass is 9.90. The third kappa shape index (κ3) is 4.90. The van der Waals surface area contributed by atoms with Gasteiger partial charge in [0.05, 0.1) is 6.61 Å². The molecule has 8 heteroatoms. The highest BCUT2D eigenvalue weighted by atomic mass is 16.3. The number of H-pyrrole nitrogens is 1. The minimum Gasteiger partial charge on any atom is -0.392 e. The fraction of sp³-hybridized carbons (Fsp3) is 0.320. The fourth-order valence-electron chi connectivity index (χ4n) is 4.27. The summed E-state index contributed by atoms with van der Waals surface area (Å²) >= 11 is 0. The Labute approximate surface area is 191 Å². The minimum absolute atomic E-state index is 0.127.